The maximum atomic E-state index is 5.67. The number of hydrogen-bond acceptors (Lipinski definition) is 6. The number of rotatable bonds is 9. The summed E-state index contributed by atoms with van der Waals surface area (Å²) < 4.78 is 11.1. The van der Waals surface area contributed by atoms with Crippen molar-refractivity contribution >= 4 is 12.0 Å². The highest BCUT2D eigenvalue weighted by molar-refractivity contribution is 7.93. The van der Waals surface area contributed by atoms with E-state index in [0.29, 0.717) is 6.10 Å². The van der Waals surface area contributed by atoms with E-state index in [-0.39, 0.29) is 0 Å². The average Bonchev–Trinajstić information content (AvgIpc) is 2.56. The molecule has 0 bridgehead atoms. The number of piperazine rings is 1. The molecule has 0 aliphatic carbocycles. The molecule has 0 amide bonds. The third-order valence-electron chi connectivity index (χ3n) is 4.95. The molecule has 0 N–H and O–H groups in total. The van der Waals surface area contributed by atoms with E-state index < -0.39 is 0 Å². The third-order valence-corrected chi connectivity index (χ3v) is 5.35. The van der Waals surface area contributed by atoms with Gasteiger partial charge in [0.15, 0.2) is 0 Å². The van der Waals surface area contributed by atoms with Crippen LogP contribution in [-0.2, 0) is 8.92 Å². The van der Waals surface area contributed by atoms with E-state index in [1.54, 1.807) is 0 Å². The summed E-state index contributed by atoms with van der Waals surface area (Å²) in [4.78, 5) is 7.81. The fraction of sp³-hybridized carbons (Fsp3) is 1.00. The molecule has 23 heavy (non-hydrogen) atoms. The quantitative estimate of drug-likeness (QED) is 0.467. The minimum Gasteiger partial charge on any atom is -0.377 e. The number of ether oxygens (including phenoxy) is 1. The molecule has 0 radical (unpaired) electrons. The van der Waals surface area contributed by atoms with E-state index in [1.807, 2.05) is 6.26 Å². The zero-order valence-corrected chi connectivity index (χ0v) is 16.0. The normalized spacial score (nSPS) is 23.0. The van der Waals surface area contributed by atoms with Gasteiger partial charge in [-0.05, 0) is 51.8 Å². The average molecular weight is 346 g/mol. The summed E-state index contributed by atoms with van der Waals surface area (Å²) in [5.74, 6) is 0. The van der Waals surface area contributed by atoms with E-state index in [9.17, 15) is 0 Å². The van der Waals surface area contributed by atoms with Crippen LogP contribution in [0.4, 0.5) is 0 Å². The molecule has 136 valence electrons. The summed E-state index contributed by atoms with van der Waals surface area (Å²) in [6, 6.07) is 0.793. The maximum Gasteiger partial charge on any atom is 0.0740 e. The molecule has 2 fully saturated rings. The van der Waals surface area contributed by atoms with Gasteiger partial charge in [0.25, 0.3) is 0 Å². The van der Waals surface area contributed by atoms with Crippen LogP contribution in [0.3, 0.4) is 0 Å². The van der Waals surface area contributed by atoms with Gasteiger partial charge in [0.05, 0.1) is 19.3 Å². The molecule has 5 nitrogen and oxygen atoms in total. The van der Waals surface area contributed by atoms with Crippen LogP contribution < -0.4 is 0 Å². The van der Waals surface area contributed by atoms with Gasteiger partial charge < -0.3 is 13.8 Å². The first-order chi connectivity index (χ1) is 11.2. The summed E-state index contributed by atoms with van der Waals surface area (Å²) in [5, 5.41) is 0. The van der Waals surface area contributed by atoms with Crippen molar-refractivity contribution < 1.29 is 8.92 Å². The Labute approximate surface area is 146 Å². The standard InChI is InChI=1S/C17H35N3O2S/c1-16(2)21-14-12-18-6-4-17(5-7-18)20-10-8-19(9-11-20)13-15-22-23-3/h16-17H,4-15H2,1-3H3. The smallest absolute Gasteiger partial charge is 0.0740 e. The van der Waals surface area contributed by atoms with Crippen molar-refractivity contribution in [3.63, 3.8) is 0 Å². The summed E-state index contributed by atoms with van der Waals surface area (Å²) in [7, 11) is 0. The molecule has 0 saturated carbocycles. The number of nitrogens with zero attached hydrogens (tertiary/aromatic N) is 3. The molecule has 2 aliphatic rings. The molecular weight excluding hydrogens is 310 g/mol. The topological polar surface area (TPSA) is 28.2 Å². The molecule has 2 heterocycles. The molecular formula is C17H35N3O2S. The molecule has 2 rings (SSSR count). The van der Waals surface area contributed by atoms with Gasteiger partial charge in [-0.2, -0.15) is 0 Å². The molecule has 0 aromatic carbocycles. The Bertz CT molecular complexity index is 304. The largest absolute Gasteiger partial charge is 0.377 e. The van der Waals surface area contributed by atoms with Crippen LogP contribution in [0.2, 0.25) is 0 Å². The molecule has 2 saturated heterocycles. The summed E-state index contributed by atoms with van der Waals surface area (Å²) in [5.41, 5.74) is 0. The highest BCUT2D eigenvalue weighted by Crippen LogP contribution is 2.18. The van der Waals surface area contributed by atoms with Crippen LogP contribution in [0.25, 0.3) is 0 Å². The van der Waals surface area contributed by atoms with Gasteiger partial charge in [-0.25, -0.2) is 0 Å². The summed E-state index contributed by atoms with van der Waals surface area (Å²) in [6.07, 6.45) is 4.97. The van der Waals surface area contributed by atoms with E-state index >= 15 is 0 Å². The second-order valence-corrected chi connectivity index (χ2v) is 7.43. The monoisotopic (exact) mass is 345 g/mol. The Morgan fingerprint density at radius 1 is 0.913 bits per heavy atom. The molecule has 6 heteroatoms. The van der Waals surface area contributed by atoms with Crippen molar-refractivity contribution in [3.05, 3.63) is 0 Å². The first kappa shape index (κ1) is 19.5. The lowest BCUT2D eigenvalue weighted by Crippen LogP contribution is -2.53. The van der Waals surface area contributed by atoms with Crippen molar-refractivity contribution in [2.75, 3.05) is 71.8 Å². The van der Waals surface area contributed by atoms with Crippen LogP contribution in [0.15, 0.2) is 0 Å². The van der Waals surface area contributed by atoms with E-state index in [2.05, 4.69) is 28.5 Å². The molecule has 0 unspecified atom stereocenters. The van der Waals surface area contributed by atoms with Gasteiger partial charge in [0.1, 0.15) is 0 Å². The second-order valence-electron chi connectivity index (χ2n) is 6.86. The first-order valence-electron chi connectivity index (χ1n) is 9.15. The molecule has 0 spiro atoms. The maximum absolute atomic E-state index is 5.67. The highest BCUT2D eigenvalue weighted by Gasteiger charge is 2.27. The Morgan fingerprint density at radius 2 is 1.52 bits per heavy atom. The zero-order valence-electron chi connectivity index (χ0n) is 15.2. The van der Waals surface area contributed by atoms with Crippen molar-refractivity contribution in [1.82, 2.24) is 14.7 Å². The Balaban J connectivity index is 1.57. The first-order valence-corrected chi connectivity index (χ1v) is 10.3. The van der Waals surface area contributed by atoms with E-state index in [4.69, 9.17) is 8.92 Å². The molecule has 2 aliphatic heterocycles. The lowest BCUT2D eigenvalue weighted by atomic mass is 10.0. The lowest BCUT2D eigenvalue weighted by Gasteiger charge is -2.42. The van der Waals surface area contributed by atoms with Gasteiger partial charge in [0.2, 0.25) is 0 Å². The van der Waals surface area contributed by atoms with Crippen LogP contribution in [0.1, 0.15) is 26.7 Å². The number of likely N-dealkylation sites (tertiary alicyclic amines) is 1. The van der Waals surface area contributed by atoms with Gasteiger partial charge in [-0.1, -0.05) is 0 Å². The highest BCUT2D eigenvalue weighted by atomic mass is 32.2. The Hall–Kier alpha value is 0.150. The van der Waals surface area contributed by atoms with Crippen molar-refractivity contribution in [1.29, 1.82) is 0 Å². The minimum absolute atomic E-state index is 0.352. The van der Waals surface area contributed by atoms with Crippen molar-refractivity contribution in [3.8, 4) is 0 Å². The van der Waals surface area contributed by atoms with E-state index in [1.165, 1.54) is 64.2 Å². The SMILES string of the molecule is CSOCCN1CCN(C2CCN(CCOC(C)C)CC2)CC1. The van der Waals surface area contributed by atoms with Crippen molar-refractivity contribution in [2.45, 2.75) is 38.8 Å². The number of hydrogen-bond donors (Lipinski definition) is 0. The fourth-order valence-corrected chi connectivity index (χ4v) is 3.77. The zero-order chi connectivity index (χ0) is 16.5. The van der Waals surface area contributed by atoms with Gasteiger partial charge in [-0.15, -0.1) is 0 Å². The van der Waals surface area contributed by atoms with Gasteiger partial charge >= 0.3 is 0 Å². The predicted molar refractivity (Wildman–Crippen MR) is 98.0 cm³/mol. The summed E-state index contributed by atoms with van der Waals surface area (Å²) in [6.45, 7) is 15.4. The van der Waals surface area contributed by atoms with Gasteiger partial charge in [-0.3, -0.25) is 9.80 Å². The molecule has 0 aromatic rings. The van der Waals surface area contributed by atoms with Crippen LogP contribution in [-0.4, -0.2) is 98.7 Å². The van der Waals surface area contributed by atoms with Crippen LogP contribution >= 0.6 is 12.0 Å². The van der Waals surface area contributed by atoms with Crippen LogP contribution in [0.5, 0.6) is 0 Å². The predicted octanol–water partition coefficient (Wildman–Crippen LogP) is 1.79. The van der Waals surface area contributed by atoms with Crippen LogP contribution in [0, 0.1) is 0 Å². The minimum atomic E-state index is 0.352. The Morgan fingerprint density at radius 3 is 2.13 bits per heavy atom. The second kappa shape index (κ2) is 10.9. The molecule has 0 aromatic heterocycles. The summed E-state index contributed by atoms with van der Waals surface area (Å²) >= 11 is 1.47. The fourth-order valence-electron chi connectivity index (χ4n) is 3.53. The Kier molecular flexibility index (Phi) is 9.23. The third kappa shape index (κ3) is 7.28. The lowest BCUT2D eigenvalue weighted by molar-refractivity contribution is 0.0315. The van der Waals surface area contributed by atoms with Crippen molar-refractivity contribution in [2.24, 2.45) is 0 Å². The molecule has 0 atom stereocenters. The van der Waals surface area contributed by atoms with Gasteiger partial charge in [0, 0.05) is 51.6 Å². The van der Waals surface area contributed by atoms with E-state index in [0.717, 1.165) is 32.3 Å². The number of piperidine rings is 1.